The Morgan fingerprint density at radius 3 is 2.35 bits per heavy atom. The highest BCUT2D eigenvalue weighted by Gasteiger charge is 2.20. The van der Waals surface area contributed by atoms with Crippen LogP contribution in [0.15, 0.2) is 54.6 Å². The first-order chi connectivity index (χ1) is 11.1. The molecule has 1 amide bonds. The summed E-state index contributed by atoms with van der Waals surface area (Å²) in [5, 5.41) is 5.15. The van der Waals surface area contributed by atoms with Crippen molar-refractivity contribution in [1.82, 2.24) is 5.32 Å². The van der Waals surface area contributed by atoms with Crippen molar-refractivity contribution < 1.29 is 10.1 Å². The van der Waals surface area contributed by atoms with Crippen LogP contribution in [-0.2, 0) is 11.3 Å². The van der Waals surface area contributed by atoms with Crippen molar-refractivity contribution in [3.05, 3.63) is 71.3 Å². The Labute approximate surface area is 139 Å². The normalized spacial score (nSPS) is 12.2. The Morgan fingerprint density at radius 2 is 1.70 bits per heavy atom. The third-order valence-corrected chi connectivity index (χ3v) is 4.20. The standard InChI is InChI=1S/C20H26N2O/c1-15(2)20(17-10-5-4-6-11-17)22-14-19(23)21-13-18-12-8-7-9-16(18)3/h4-12,15,20,22H,13-14H2,1-3H3,(H,21,23)/p+1/t20-/m1/s1. The van der Waals surface area contributed by atoms with Gasteiger partial charge in [-0.05, 0) is 18.1 Å². The van der Waals surface area contributed by atoms with E-state index >= 15 is 0 Å². The minimum Gasteiger partial charge on any atom is -0.347 e. The number of carbonyl (C=O) groups is 1. The van der Waals surface area contributed by atoms with Gasteiger partial charge in [0, 0.05) is 18.0 Å². The zero-order valence-corrected chi connectivity index (χ0v) is 14.3. The second-order valence-electron chi connectivity index (χ2n) is 6.32. The van der Waals surface area contributed by atoms with E-state index in [2.05, 4.69) is 67.8 Å². The van der Waals surface area contributed by atoms with Gasteiger partial charge < -0.3 is 10.6 Å². The smallest absolute Gasteiger partial charge is 0.275 e. The van der Waals surface area contributed by atoms with Gasteiger partial charge in [-0.1, -0.05) is 68.4 Å². The SMILES string of the molecule is Cc1ccccc1CNC(=O)C[NH2+][C@@H](c1ccccc1)C(C)C. The quantitative estimate of drug-likeness (QED) is 0.811. The van der Waals surface area contributed by atoms with Gasteiger partial charge in [-0.2, -0.15) is 0 Å². The van der Waals surface area contributed by atoms with Crippen LogP contribution in [0.25, 0.3) is 0 Å². The number of benzene rings is 2. The summed E-state index contributed by atoms with van der Waals surface area (Å²) >= 11 is 0. The molecule has 0 radical (unpaired) electrons. The summed E-state index contributed by atoms with van der Waals surface area (Å²) in [6, 6.07) is 18.8. The van der Waals surface area contributed by atoms with Crippen LogP contribution in [0.2, 0.25) is 0 Å². The molecule has 3 nitrogen and oxygen atoms in total. The fourth-order valence-corrected chi connectivity index (χ4v) is 2.78. The Kier molecular flexibility index (Phi) is 6.36. The molecule has 23 heavy (non-hydrogen) atoms. The van der Waals surface area contributed by atoms with E-state index in [1.54, 1.807) is 0 Å². The molecular formula is C20H27N2O+. The number of aryl methyl sites for hydroxylation is 1. The lowest BCUT2D eigenvalue weighted by Crippen LogP contribution is -2.88. The number of hydrogen-bond donors (Lipinski definition) is 2. The Hall–Kier alpha value is -2.13. The highest BCUT2D eigenvalue weighted by Crippen LogP contribution is 2.16. The average molecular weight is 311 g/mol. The van der Waals surface area contributed by atoms with Crippen molar-refractivity contribution in [2.24, 2.45) is 5.92 Å². The van der Waals surface area contributed by atoms with Crippen molar-refractivity contribution in [2.75, 3.05) is 6.54 Å². The van der Waals surface area contributed by atoms with E-state index in [4.69, 9.17) is 0 Å². The molecule has 0 heterocycles. The van der Waals surface area contributed by atoms with Crippen molar-refractivity contribution >= 4 is 5.91 Å². The predicted octanol–water partition coefficient (Wildman–Crippen LogP) is 2.57. The monoisotopic (exact) mass is 311 g/mol. The molecule has 0 aliphatic rings. The fourth-order valence-electron chi connectivity index (χ4n) is 2.78. The van der Waals surface area contributed by atoms with Crippen molar-refractivity contribution in [3.8, 4) is 0 Å². The highest BCUT2D eigenvalue weighted by atomic mass is 16.1. The summed E-state index contributed by atoms with van der Waals surface area (Å²) in [7, 11) is 0. The molecule has 2 aromatic rings. The van der Waals surface area contributed by atoms with Crippen LogP contribution in [0.3, 0.4) is 0 Å². The van der Waals surface area contributed by atoms with Gasteiger partial charge in [0.15, 0.2) is 6.54 Å². The van der Waals surface area contributed by atoms with Gasteiger partial charge in [0.2, 0.25) is 0 Å². The summed E-state index contributed by atoms with van der Waals surface area (Å²) in [6.45, 7) is 7.50. The van der Waals surface area contributed by atoms with Crippen LogP contribution in [0.5, 0.6) is 0 Å². The molecule has 2 aromatic carbocycles. The topological polar surface area (TPSA) is 45.7 Å². The summed E-state index contributed by atoms with van der Waals surface area (Å²) in [5.74, 6) is 0.552. The molecule has 0 bridgehead atoms. The fraction of sp³-hybridized carbons (Fsp3) is 0.350. The number of hydrogen-bond acceptors (Lipinski definition) is 1. The van der Waals surface area contributed by atoms with Crippen LogP contribution >= 0.6 is 0 Å². The van der Waals surface area contributed by atoms with Crippen molar-refractivity contribution in [3.63, 3.8) is 0 Å². The van der Waals surface area contributed by atoms with E-state index in [0.29, 0.717) is 25.0 Å². The molecule has 0 aromatic heterocycles. The molecule has 0 aliphatic carbocycles. The van der Waals surface area contributed by atoms with E-state index in [1.807, 2.05) is 18.2 Å². The van der Waals surface area contributed by atoms with E-state index in [1.165, 1.54) is 16.7 Å². The number of quaternary nitrogens is 1. The van der Waals surface area contributed by atoms with Crippen molar-refractivity contribution in [1.29, 1.82) is 0 Å². The van der Waals surface area contributed by atoms with E-state index < -0.39 is 0 Å². The first-order valence-corrected chi connectivity index (χ1v) is 8.27. The highest BCUT2D eigenvalue weighted by molar-refractivity contribution is 5.76. The van der Waals surface area contributed by atoms with Gasteiger partial charge in [0.05, 0.1) is 0 Å². The predicted molar refractivity (Wildman–Crippen MR) is 93.8 cm³/mol. The van der Waals surface area contributed by atoms with Gasteiger partial charge in [0.1, 0.15) is 6.04 Å². The number of amides is 1. The number of rotatable bonds is 7. The second-order valence-corrected chi connectivity index (χ2v) is 6.32. The van der Waals surface area contributed by atoms with Gasteiger partial charge in [-0.3, -0.25) is 4.79 Å². The Balaban J connectivity index is 1.86. The summed E-state index contributed by atoms with van der Waals surface area (Å²) in [5.41, 5.74) is 3.65. The molecular weight excluding hydrogens is 284 g/mol. The van der Waals surface area contributed by atoms with E-state index in [9.17, 15) is 4.79 Å². The maximum atomic E-state index is 12.1. The molecule has 0 fully saturated rings. The minimum absolute atomic E-state index is 0.0786. The van der Waals surface area contributed by atoms with Crippen LogP contribution in [0, 0.1) is 12.8 Å². The van der Waals surface area contributed by atoms with Crippen LogP contribution in [0.1, 0.15) is 36.6 Å². The Morgan fingerprint density at radius 1 is 1.04 bits per heavy atom. The molecule has 3 N–H and O–H groups in total. The molecule has 0 spiro atoms. The molecule has 2 rings (SSSR count). The number of carbonyl (C=O) groups excluding carboxylic acids is 1. The largest absolute Gasteiger partial charge is 0.347 e. The maximum absolute atomic E-state index is 12.1. The molecule has 0 saturated heterocycles. The Bertz CT molecular complexity index is 623. The second kappa shape index (κ2) is 8.49. The van der Waals surface area contributed by atoms with Crippen LogP contribution in [-0.4, -0.2) is 12.5 Å². The lowest BCUT2D eigenvalue weighted by Gasteiger charge is -2.19. The molecule has 122 valence electrons. The van der Waals surface area contributed by atoms with Crippen molar-refractivity contribution in [2.45, 2.75) is 33.4 Å². The van der Waals surface area contributed by atoms with Gasteiger partial charge in [0.25, 0.3) is 5.91 Å². The van der Waals surface area contributed by atoms with E-state index in [-0.39, 0.29) is 5.91 Å². The lowest BCUT2D eigenvalue weighted by atomic mass is 9.96. The maximum Gasteiger partial charge on any atom is 0.275 e. The summed E-state index contributed by atoms with van der Waals surface area (Å²) in [6.07, 6.45) is 0. The first kappa shape index (κ1) is 17.2. The van der Waals surface area contributed by atoms with Gasteiger partial charge >= 0.3 is 0 Å². The third kappa shape index (κ3) is 5.22. The first-order valence-electron chi connectivity index (χ1n) is 8.27. The molecule has 0 aliphatic heterocycles. The summed E-state index contributed by atoms with van der Waals surface area (Å²) < 4.78 is 0. The third-order valence-electron chi connectivity index (χ3n) is 4.20. The molecule has 3 heteroatoms. The van der Waals surface area contributed by atoms with E-state index in [0.717, 1.165) is 0 Å². The molecule has 1 atom stereocenters. The molecule has 0 saturated carbocycles. The lowest BCUT2D eigenvalue weighted by molar-refractivity contribution is -0.692. The number of nitrogens with two attached hydrogens (primary N) is 1. The van der Waals surface area contributed by atoms with Gasteiger partial charge in [-0.25, -0.2) is 0 Å². The number of nitrogens with one attached hydrogen (secondary N) is 1. The molecule has 0 unspecified atom stereocenters. The average Bonchev–Trinajstić information content (AvgIpc) is 2.55. The van der Waals surface area contributed by atoms with Crippen LogP contribution < -0.4 is 10.6 Å². The van der Waals surface area contributed by atoms with Crippen LogP contribution in [0.4, 0.5) is 0 Å². The van der Waals surface area contributed by atoms with Gasteiger partial charge in [-0.15, -0.1) is 0 Å². The summed E-state index contributed by atoms with van der Waals surface area (Å²) in [4.78, 5) is 12.1. The minimum atomic E-state index is 0.0786. The zero-order valence-electron chi connectivity index (χ0n) is 14.3. The zero-order chi connectivity index (χ0) is 16.7.